The predicted octanol–water partition coefficient (Wildman–Crippen LogP) is 1.32. The third-order valence-electron chi connectivity index (χ3n) is 3.12. The Balaban J connectivity index is 2.05. The molecule has 1 aliphatic rings. The van der Waals surface area contributed by atoms with Crippen LogP contribution >= 0.6 is 0 Å². The molecule has 0 amide bonds. The first-order valence-corrected chi connectivity index (χ1v) is 6.42. The van der Waals surface area contributed by atoms with Crippen molar-refractivity contribution in [2.24, 2.45) is 0 Å². The fourth-order valence-electron chi connectivity index (χ4n) is 2.19. The Bertz CT molecular complexity index is 203. The smallest absolute Gasteiger partial charge is 0.320 e. The molecule has 94 valence electrons. The van der Waals surface area contributed by atoms with Crippen LogP contribution in [0.3, 0.4) is 0 Å². The average Bonchev–Trinajstić information content (AvgIpc) is 2.75. The molecule has 0 aromatic heterocycles. The molecule has 0 aliphatic carbocycles. The van der Waals surface area contributed by atoms with Crippen LogP contribution in [0.4, 0.5) is 0 Å². The highest BCUT2D eigenvalue weighted by Gasteiger charge is 2.15. The van der Waals surface area contributed by atoms with E-state index in [1.165, 1.54) is 25.9 Å². The van der Waals surface area contributed by atoms with E-state index in [1.54, 1.807) is 0 Å². The molecule has 1 atom stereocenters. The number of hydrogen-bond acceptors (Lipinski definition) is 3. The van der Waals surface area contributed by atoms with Crippen molar-refractivity contribution in [3.63, 3.8) is 0 Å². The van der Waals surface area contributed by atoms with E-state index in [1.807, 2.05) is 6.92 Å². The van der Waals surface area contributed by atoms with Crippen molar-refractivity contribution in [1.82, 2.24) is 10.2 Å². The van der Waals surface area contributed by atoms with E-state index in [-0.39, 0.29) is 6.04 Å². The second-order valence-electron chi connectivity index (χ2n) is 4.54. The Kier molecular flexibility index (Phi) is 6.42. The van der Waals surface area contributed by atoms with Crippen LogP contribution in [-0.2, 0) is 4.79 Å². The summed E-state index contributed by atoms with van der Waals surface area (Å²) < 4.78 is 0. The second-order valence-corrected chi connectivity index (χ2v) is 4.54. The van der Waals surface area contributed by atoms with Crippen LogP contribution in [0.25, 0.3) is 0 Å². The molecule has 1 aliphatic heterocycles. The molecule has 16 heavy (non-hydrogen) atoms. The monoisotopic (exact) mass is 228 g/mol. The molecule has 4 nitrogen and oxygen atoms in total. The van der Waals surface area contributed by atoms with E-state index in [4.69, 9.17) is 5.11 Å². The van der Waals surface area contributed by atoms with Gasteiger partial charge in [0.05, 0.1) is 0 Å². The largest absolute Gasteiger partial charge is 0.480 e. The van der Waals surface area contributed by atoms with Crippen molar-refractivity contribution in [2.75, 3.05) is 26.2 Å². The molecule has 0 saturated carbocycles. The van der Waals surface area contributed by atoms with Gasteiger partial charge < -0.3 is 15.3 Å². The van der Waals surface area contributed by atoms with Gasteiger partial charge in [-0.05, 0) is 51.9 Å². The van der Waals surface area contributed by atoms with Crippen LogP contribution in [0.1, 0.15) is 39.0 Å². The zero-order valence-electron chi connectivity index (χ0n) is 10.2. The van der Waals surface area contributed by atoms with Gasteiger partial charge in [0.25, 0.3) is 0 Å². The number of aliphatic carboxylic acids is 1. The van der Waals surface area contributed by atoms with Crippen LogP contribution < -0.4 is 5.32 Å². The molecule has 1 fully saturated rings. The zero-order chi connectivity index (χ0) is 11.8. The fourth-order valence-corrected chi connectivity index (χ4v) is 2.19. The van der Waals surface area contributed by atoms with Crippen molar-refractivity contribution in [3.05, 3.63) is 0 Å². The molecule has 1 rings (SSSR count). The maximum Gasteiger partial charge on any atom is 0.320 e. The van der Waals surface area contributed by atoms with Crippen LogP contribution in [-0.4, -0.2) is 48.2 Å². The summed E-state index contributed by atoms with van der Waals surface area (Å²) in [5.74, 6) is -0.719. The Morgan fingerprint density at radius 3 is 2.69 bits per heavy atom. The molecule has 1 heterocycles. The van der Waals surface area contributed by atoms with Gasteiger partial charge in [0.1, 0.15) is 6.04 Å². The van der Waals surface area contributed by atoms with E-state index in [2.05, 4.69) is 10.2 Å². The van der Waals surface area contributed by atoms with Gasteiger partial charge in [-0.25, -0.2) is 0 Å². The van der Waals surface area contributed by atoms with E-state index < -0.39 is 5.97 Å². The molecule has 0 radical (unpaired) electrons. The number of rotatable bonds is 8. The number of carboxylic acid groups (broad SMARTS) is 1. The van der Waals surface area contributed by atoms with Gasteiger partial charge in [0, 0.05) is 0 Å². The van der Waals surface area contributed by atoms with Crippen LogP contribution in [0.2, 0.25) is 0 Å². The molecular formula is C12H24N2O2. The number of hydrogen-bond donors (Lipinski definition) is 2. The minimum absolute atomic E-state index is 0.358. The summed E-state index contributed by atoms with van der Waals surface area (Å²) in [4.78, 5) is 13.3. The summed E-state index contributed by atoms with van der Waals surface area (Å²) in [6.07, 6.45) is 5.32. The lowest BCUT2D eigenvalue weighted by molar-refractivity contribution is -0.139. The van der Waals surface area contributed by atoms with Gasteiger partial charge in [-0.1, -0.05) is 13.3 Å². The molecular weight excluding hydrogens is 204 g/mol. The highest BCUT2D eigenvalue weighted by molar-refractivity contribution is 5.73. The van der Waals surface area contributed by atoms with E-state index in [0.717, 1.165) is 32.4 Å². The Labute approximate surface area is 98.0 Å². The Morgan fingerprint density at radius 2 is 2.12 bits per heavy atom. The minimum atomic E-state index is -0.719. The number of likely N-dealkylation sites (tertiary alicyclic amines) is 1. The van der Waals surface area contributed by atoms with E-state index >= 15 is 0 Å². The summed E-state index contributed by atoms with van der Waals surface area (Å²) in [6, 6.07) is -0.358. The van der Waals surface area contributed by atoms with Crippen molar-refractivity contribution in [3.8, 4) is 0 Å². The molecule has 4 heteroatoms. The second kappa shape index (κ2) is 7.63. The molecule has 0 spiro atoms. The lowest BCUT2D eigenvalue weighted by Crippen LogP contribution is -2.38. The van der Waals surface area contributed by atoms with Crippen molar-refractivity contribution in [2.45, 2.75) is 45.1 Å². The lowest BCUT2D eigenvalue weighted by Gasteiger charge is -2.16. The average molecular weight is 228 g/mol. The van der Waals surface area contributed by atoms with E-state index in [0.29, 0.717) is 0 Å². The summed E-state index contributed by atoms with van der Waals surface area (Å²) >= 11 is 0. The maximum atomic E-state index is 10.9. The highest BCUT2D eigenvalue weighted by Crippen LogP contribution is 2.07. The van der Waals surface area contributed by atoms with Gasteiger partial charge >= 0.3 is 5.97 Å². The van der Waals surface area contributed by atoms with E-state index in [9.17, 15) is 4.79 Å². The standard InChI is InChI=1S/C12H24N2O2/c1-2-6-11(12(15)16)13-7-5-10-14-8-3-4-9-14/h11,13H,2-10H2,1H3,(H,15,16). The molecule has 1 unspecified atom stereocenters. The zero-order valence-corrected chi connectivity index (χ0v) is 10.2. The van der Waals surface area contributed by atoms with Crippen molar-refractivity contribution in [1.29, 1.82) is 0 Å². The highest BCUT2D eigenvalue weighted by atomic mass is 16.4. The molecule has 1 saturated heterocycles. The topological polar surface area (TPSA) is 52.6 Å². The van der Waals surface area contributed by atoms with Gasteiger partial charge in [0.15, 0.2) is 0 Å². The quantitative estimate of drug-likeness (QED) is 0.615. The van der Waals surface area contributed by atoms with Crippen LogP contribution in [0.5, 0.6) is 0 Å². The first-order chi connectivity index (χ1) is 7.74. The van der Waals surface area contributed by atoms with Crippen molar-refractivity contribution >= 4 is 5.97 Å². The van der Waals surface area contributed by atoms with Crippen LogP contribution in [0.15, 0.2) is 0 Å². The summed E-state index contributed by atoms with van der Waals surface area (Å²) in [7, 11) is 0. The summed E-state index contributed by atoms with van der Waals surface area (Å²) in [5.41, 5.74) is 0. The van der Waals surface area contributed by atoms with Crippen molar-refractivity contribution < 1.29 is 9.90 Å². The van der Waals surface area contributed by atoms with Crippen LogP contribution in [0, 0.1) is 0 Å². The Hall–Kier alpha value is -0.610. The lowest BCUT2D eigenvalue weighted by atomic mass is 10.1. The SMILES string of the molecule is CCCC(NCCCN1CCCC1)C(=O)O. The van der Waals surface area contributed by atoms with Gasteiger partial charge in [-0.15, -0.1) is 0 Å². The normalized spacial score (nSPS) is 18.8. The van der Waals surface area contributed by atoms with Gasteiger partial charge in [-0.3, -0.25) is 4.79 Å². The minimum Gasteiger partial charge on any atom is -0.480 e. The summed E-state index contributed by atoms with van der Waals surface area (Å²) in [5, 5.41) is 12.1. The number of carbonyl (C=O) groups is 1. The maximum absolute atomic E-state index is 10.9. The number of carboxylic acids is 1. The first-order valence-electron chi connectivity index (χ1n) is 6.42. The molecule has 0 bridgehead atoms. The van der Waals surface area contributed by atoms with Gasteiger partial charge in [0.2, 0.25) is 0 Å². The van der Waals surface area contributed by atoms with Gasteiger partial charge in [-0.2, -0.15) is 0 Å². The predicted molar refractivity (Wildman–Crippen MR) is 64.6 cm³/mol. The number of nitrogens with one attached hydrogen (secondary N) is 1. The Morgan fingerprint density at radius 1 is 1.44 bits per heavy atom. The third kappa shape index (κ3) is 4.94. The number of nitrogens with zero attached hydrogens (tertiary/aromatic N) is 1. The molecule has 0 aromatic rings. The molecule has 2 N–H and O–H groups in total. The molecule has 0 aromatic carbocycles. The fraction of sp³-hybridized carbons (Fsp3) is 0.917. The first kappa shape index (κ1) is 13.5. The summed E-state index contributed by atoms with van der Waals surface area (Å²) in [6.45, 7) is 6.37. The third-order valence-corrected chi connectivity index (χ3v) is 3.12.